The van der Waals surface area contributed by atoms with Crippen LogP contribution in [0.3, 0.4) is 0 Å². The van der Waals surface area contributed by atoms with Crippen molar-refractivity contribution in [2.45, 2.75) is 47.0 Å². The molecule has 0 fully saturated rings. The monoisotopic (exact) mass is 779 g/mol. The second-order valence-corrected chi connectivity index (χ2v) is 14.9. The number of allylic oxidation sites excluding steroid dienone is 13. The molecule has 0 heterocycles. The van der Waals surface area contributed by atoms with Gasteiger partial charge in [-0.1, -0.05) is 202 Å². The van der Waals surface area contributed by atoms with Crippen molar-refractivity contribution in [3.8, 4) is 33.4 Å². The maximum Gasteiger partial charge on any atom is 0.0190 e. The Kier molecular flexibility index (Phi) is 15.8. The zero-order chi connectivity index (χ0) is 41.9. The third-order valence-corrected chi connectivity index (χ3v) is 10.5. The summed E-state index contributed by atoms with van der Waals surface area (Å²) < 4.78 is 0. The van der Waals surface area contributed by atoms with Gasteiger partial charge in [-0.2, -0.15) is 0 Å². The molecule has 60 heavy (non-hydrogen) atoms. The lowest BCUT2D eigenvalue weighted by atomic mass is 9.92. The zero-order valence-electron chi connectivity index (χ0n) is 35.6. The van der Waals surface area contributed by atoms with Gasteiger partial charge in [-0.25, -0.2) is 0 Å². The largest absolute Gasteiger partial charge is 0.365 e. The van der Waals surface area contributed by atoms with Gasteiger partial charge in [-0.15, -0.1) is 0 Å². The molecule has 1 nitrogen and oxygen atoms in total. The molecule has 0 spiro atoms. The smallest absolute Gasteiger partial charge is 0.0190 e. The predicted octanol–water partition coefficient (Wildman–Crippen LogP) is 16.0. The first-order chi connectivity index (χ1) is 29.5. The maximum absolute atomic E-state index is 3.91. The van der Waals surface area contributed by atoms with E-state index >= 15 is 0 Å². The van der Waals surface area contributed by atoms with Crippen LogP contribution in [-0.4, -0.2) is 0 Å². The molecule has 0 radical (unpaired) electrons. The second kappa shape index (κ2) is 22.3. The molecule has 1 heteroatoms. The van der Waals surface area contributed by atoms with E-state index in [0.29, 0.717) is 0 Å². The molecule has 6 aromatic rings. The van der Waals surface area contributed by atoms with Gasteiger partial charge in [0.05, 0.1) is 0 Å². The molecule has 298 valence electrons. The molecule has 0 aliphatic rings. The molecule has 0 aliphatic heterocycles. The van der Waals surface area contributed by atoms with E-state index in [9.17, 15) is 0 Å². The van der Waals surface area contributed by atoms with Crippen LogP contribution in [0.15, 0.2) is 225 Å². The topological polar surface area (TPSA) is 12.0 Å². The van der Waals surface area contributed by atoms with Crippen LogP contribution in [-0.2, 0) is 12.8 Å². The van der Waals surface area contributed by atoms with Crippen molar-refractivity contribution in [2.75, 3.05) is 0 Å². The van der Waals surface area contributed by atoms with Crippen molar-refractivity contribution in [1.29, 1.82) is 0 Å². The summed E-state index contributed by atoms with van der Waals surface area (Å²) >= 11 is 0. The number of hydrogen-bond acceptors (Lipinski definition) is 1. The van der Waals surface area contributed by atoms with Gasteiger partial charge in [0, 0.05) is 18.3 Å². The number of benzene rings is 6. The van der Waals surface area contributed by atoms with Crippen molar-refractivity contribution in [1.82, 2.24) is 5.32 Å². The normalized spacial score (nSPS) is 12.6. The highest BCUT2D eigenvalue weighted by Gasteiger charge is 2.10. The van der Waals surface area contributed by atoms with Crippen molar-refractivity contribution in [3.05, 3.63) is 258 Å². The highest BCUT2D eigenvalue weighted by Crippen LogP contribution is 2.33. The molecule has 0 bridgehead atoms. The molecule has 0 saturated heterocycles. The van der Waals surface area contributed by atoms with E-state index in [0.717, 1.165) is 52.8 Å². The Balaban J connectivity index is 1.35. The van der Waals surface area contributed by atoms with Crippen LogP contribution in [0, 0.1) is 6.92 Å². The molecule has 0 atom stereocenters. The molecular weight excluding hydrogens is 723 g/mol. The Morgan fingerprint density at radius 2 is 1.25 bits per heavy atom. The van der Waals surface area contributed by atoms with Gasteiger partial charge in [0.2, 0.25) is 0 Å². The summed E-state index contributed by atoms with van der Waals surface area (Å²) in [7, 11) is 0. The van der Waals surface area contributed by atoms with Gasteiger partial charge < -0.3 is 5.32 Å². The van der Waals surface area contributed by atoms with Crippen molar-refractivity contribution in [2.24, 2.45) is 0 Å². The third-order valence-electron chi connectivity index (χ3n) is 10.5. The maximum atomic E-state index is 3.91. The van der Waals surface area contributed by atoms with Crippen LogP contribution in [0.1, 0.15) is 60.6 Å². The molecular formula is C59H57N. The van der Waals surface area contributed by atoms with Crippen LogP contribution in [0.2, 0.25) is 0 Å². The first kappa shape index (κ1) is 42.6. The van der Waals surface area contributed by atoms with Crippen molar-refractivity contribution in [3.63, 3.8) is 0 Å². The zero-order valence-corrected chi connectivity index (χ0v) is 35.6. The minimum atomic E-state index is 0.779. The van der Waals surface area contributed by atoms with E-state index < -0.39 is 0 Å². The van der Waals surface area contributed by atoms with E-state index in [4.69, 9.17) is 0 Å². The summed E-state index contributed by atoms with van der Waals surface area (Å²) in [5.74, 6) is 0. The Bertz CT molecular complexity index is 2500. The molecule has 0 unspecified atom stereocenters. The number of hydrogen-bond donors (Lipinski definition) is 1. The molecule has 0 aromatic heterocycles. The summed E-state index contributed by atoms with van der Waals surface area (Å²) in [6, 6.07) is 52.6. The fourth-order valence-electron chi connectivity index (χ4n) is 7.40. The van der Waals surface area contributed by atoms with E-state index in [1.807, 2.05) is 19.1 Å². The van der Waals surface area contributed by atoms with Crippen LogP contribution >= 0.6 is 0 Å². The molecule has 1 N–H and O–H groups in total. The lowest BCUT2D eigenvalue weighted by Crippen LogP contribution is -2.08. The SMILES string of the molecule is C=C/C=C(\C=C/C)c1ccc(\C=C/C(=C\C=C\N/C(=C\C=C/C)Cc2ccc(C)c(-c3ccccc3CCC)c2)c2cc(-c3ccccc3)cc(-c3ccccc3)c2)cc1. The van der Waals surface area contributed by atoms with E-state index in [1.54, 1.807) is 0 Å². The van der Waals surface area contributed by atoms with Gasteiger partial charge in [0.1, 0.15) is 0 Å². The highest BCUT2D eigenvalue weighted by atomic mass is 14.8. The fraction of sp³-hybridized carbons (Fsp3) is 0.119. The first-order valence-corrected chi connectivity index (χ1v) is 21.1. The Morgan fingerprint density at radius 1 is 0.583 bits per heavy atom. The van der Waals surface area contributed by atoms with Gasteiger partial charge in [0.15, 0.2) is 0 Å². The van der Waals surface area contributed by atoms with Crippen LogP contribution in [0.4, 0.5) is 0 Å². The van der Waals surface area contributed by atoms with Crippen molar-refractivity contribution >= 4 is 17.2 Å². The van der Waals surface area contributed by atoms with Gasteiger partial charge >= 0.3 is 0 Å². The minimum absolute atomic E-state index is 0.779. The number of rotatable bonds is 17. The minimum Gasteiger partial charge on any atom is -0.365 e. The van der Waals surface area contributed by atoms with E-state index in [2.05, 4.69) is 239 Å². The average molecular weight is 780 g/mol. The molecule has 0 aliphatic carbocycles. The number of nitrogens with one attached hydrogen (secondary N) is 1. The number of aryl methyl sites for hydroxylation is 2. The standard InChI is InChI=1S/C59H57N/c1-6-10-29-57(40-47-32-31-45(5)59(41-47)58-30-18-17-27-53(58)22-9-4)60-39-19-28-51(36-33-46-34-37-52(38-35-46)48(20-7-2)21-8-3)56-43-54(49-23-13-11-14-24-49)42-55(44-56)50-25-15-12-16-26-50/h6-8,10-21,23-39,41-44,60H,2,9,22,40H2,1,3-5H3/b10-6-,21-8-,36-33-,39-19+,48-20+,51-28+,57-29-. The molecule has 6 rings (SSSR count). The summed E-state index contributed by atoms with van der Waals surface area (Å²) in [6.07, 6.45) is 28.2. The lowest BCUT2D eigenvalue weighted by molar-refractivity contribution is 0.923. The first-order valence-electron chi connectivity index (χ1n) is 21.1. The van der Waals surface area contributed by atoms with Gasteiger partial charge in [0.25, 0.3) is 0 Å². The lowest BCUT2D eigenvalue weighted by Gasteiger charge is -2.14. The summed E-state index contributed by atoms with van der Waals surface area (Å²) in [5, 5.41) is 3.64. The van der Waals surface area contributed by atoms with Gasteiger partial charge in [-0.3, -0.25) is 0 Å². The van der Waals surface area contributed by atoms with Crippen LogP contribution in [0.25, 0.3) is 50.6 Å². The molecule has 0 saturated carbocycles. The molecule has 0 amide bonds. The highest BCUT2D eigenvalue weighted by molar-refractivity contribution is 5.86. The summed E-state index contributed by atoms with van der Waals surface area (Å²) in [5.41, 5.74) is 18.1. The van der Waals surface area contributed by atoms with Crippen molar-refractivity contribution < 1.29 is 0 Å². The summed E-state index contributed by atoms with van der Waals surface area (Å²) in [6.45, 7) is 12.5. The second-order valence-electron chi connectivity index (χ2n) is 14.9. The Hall–Kier alpha value is -6.96. The molecule has 6 aromatic carbocycles. The quantitative estimate of drug-likeness (QED) is 0.0909. The summed E-state index contributed by atoms with van der Waals surface area (Å²) in [4.78, 5) is 0. The van der Waals surface area contributed by atoms with E-state index in [-0.39, 0.29) is 0 Å². The Labute approximate surface area is 359 Å². The van der Waals surface area contributed by atoms with Gasteiger partial charge in [-0.05, 0) is 135 Å². The Morgan fingerprint density at radius 3 is 1.90 bits per heavy atom. The fourth-order valence-corrected chi connectivity index (χ4v) is 7.40. The third kappa shape index (κ3) is 11.8. The average Bonchev–Trinajstić information content (AvgIpc) is 3.29. The van der Waals surface area contributed by atoms with Crippen LogP contribution in [0.5, 0.6) is 0 Å². The van der Waals surface area contributed by atoms with Crippen LogP contribution < -0.4 is 5.32 Å². The predicted molar refractivity (Wildman–Crippen MR) is 263 cm³/mol. The van der Waals surface area contributed by atoms with E-state index in [1.165, 1.54) is 50.1 Å².